The van der Waals surface area contributed by atoms with E-state index in [0.717, 1.165) is 51.4 Å². The van der Waals surface area contributed by atoms with Gasteiger partial charge < -0.3 is 59.8 Å². The van der Waals surface area contributed by atoms with Crippen LogP contribution in [-0.4, -0.2) is 128 Å². The van der Waals surface area contributed by atoms with Gasteiger partial charge in [-0.25, -0.2) is 0 Å². The van der Waals surface area contributed by atoms with Crippen molar-refractivity contribution in [3.63, 3.8) is 0 Å². The fourth-order valence-electron chi connectivity index (χ4n) is 12.0. The van der Waals surface area contributed by atoms with Gasteiger partial charge in [-0.1, -0.05) is 39.8 Å². The van der Waals surface area contributed by atoms with Crippen molar-refractivity contribution < 1.29 is 64.6 Å². The maximum atomic E-state index is 13.3. The van der Waals surface area contributed by atoms with Crippen molar-refractivity contribution in [1.82, 2.24) is 0 Å². The fourth-order valence-corrected chi connectivity index (χ4v) is 12.0. The Kier molecular flexibility index (Phi) is 12.8. The topological polar surface area (TPSA) is 216 Å². The highest BCUT2D eigenvalue weighted by molar-refractivity contribution is 5.76. The quantitative estimate of drug-likeness (QED) is 0.106. The number of aliphatic carboxylic acids is 1. The number of hydrogen-bond donors (Lipinski definition) is 8. The van der Waals surface area contributed by atoms with Gasteiger partial charge in [-0.3, -0.25) is 4.79 Å². The van der Waals surface area contributed by atoms with E-state index < -0.39 is 86.0 Å². The number of ether oxygens (including phenoxy) is 4. The van der Waals surface area contributed by atoms with Crippen molar-refractivity contribution in [2.75, 3.05) is 13.2 Å². The summed E-state index contributed by atoms with van der Waals surface area (Å²) in [4.78, 5) is 13.3. The fraction of sp³-hybridized carbons (Fsp3) is 0.925. The van der Waals surface area contributed by atoms with Gasteiger partial charge in [-0.05, 0) is 117 Å². The van der Waals surface area contributed by atoms with E-state index in [1.165, 1.54) is 5.57 Å². The van der Waals surface area contributed by atoms with Crippen LogP contribution in [-0.2, 0) is 23.7 Å². The van der Waals surface area contributed by atoms with E-state index in [1.807, 2.05) is 0 Å². The lowest BCUT2D eigenvalue weighted by atomic mass is 9.44. The molecule has 2 saturated heterocycles. The molecule has 4 aliphatic carbocycles. The van der Waals surface area contributed by atoms with Crippen molar-refractivity contribution in [2.24, 2.45) is 52.3 Å². The van der Waals surface area contributed by atoms with Gasteiger partial charge >= 0.3 is 5.97 Å². The summed E-state index contributed by atoms with van der Waals surface area (Å²) in [5.74, 6) is 1.58. The number of aliphatic hydroxyl groups excluding tert-OH is 7. The van der Waals surface area contributed by atoms with Gasteiger partial charge in [0, 0.05) is 0 Å². The third kappa shape index (κ3) is 7.40. The van der Waals surface area contributed by atoms with Crippen LogP contribution in [0.4, 0.5) is 0 Å². The van der Waals surface area contributed by atoms with Crippen LogP contribution in [0.3, 0.4) is 0 Å². The number of rotatable bonds is 12. The molecule has 0 spiro atoms. The first-order valence-electron chi connectivity index (χ1n) is 20.2. The Labute approximate surface area is 313 Å². The van der Waals surface area contributed by atoms with Gasteiger partial charge in [-0.2, -0.15) is 0 Å². The van der Waals surface area contributed by atoms with E-state index in [1.54, 1.807) is 0 Å². The average Bonchev–Trinajstić information content (AvgIpc) is 3.55. The lowest BCUT2D eigenvalue weighted by molar-refractivity contribution is -0.373. The number of aliphatic hydroxyl groups is 7. The Bertz CT molecular complexity index is 1280. The molecule has 0 radical (unpaired) electrons. The van der Waals surface area contributed by atoms with Crippen LogP contribution < -0.4 is 0 Å². The van der Waals surface area contributed by atoms with E-state index >= 15 is 0 Å². The summed E-state index contributed by atoms with van der Waals surface area (Å²) in [6.07, 6.45) is -5.55. The summed E-state index contributed by atoms with van der Waals surface area (Å²) in [6.45, 7) is 12.0. The van der Waals surface area contributed by atoms with E-state index in [2.05, 4.69) is 34.3 Å². The lowest BCUT2D eigenvalue weighted by Gasteiger charge is -2.61. The Balaban J connectivity index is 1.14. The number of fused-ring (bicyclic) bond motifs is 5. The Morgan fingerprint density at radius 2 is 1.45 bits per heavy atom. The van der Waals surface area contributed by atoms with Gasteiger partial charge in [0.05, 0.1) is 24.7 Å². The highest BCUT2D eigenvalue weighted by atomic mass is 16.8. The molecule has 0 amide bonds. The molecular formula is C40H66O13. The summed E-state index contributed by atoms with van der Waals surface area (Å²) in [6, 6.07) is 0. The molecule has 13 heteroatoms. The second-order valence-corrected chi connectivity index (χ2v) is 18.1. The third-order valence-corrected chi connectivity index (χ3v) is 15.3. The molecule has 4 saturated carbocycles. The summed E-state index contributed by atoms with van der Waals surface area (Å²) in [5.41, 5.74) is 0.570. The van der Waals surface area contributed by atoms with Crippen molar-refractivity contribution >= 4 is 5.97 Å². The first-order valence-corrected chi connectivity index (χ1v) is 20.2. The van der Waals surface area contributed by atoms with E-state index in [-0.39, 0.29) is 23.4 Å². The molecular weight excluding hydrogens is 688 g/mol. The molecule has 2 aliphatic heterocycles. The van der Waals surface area contributed by atoms with Gasteiger partial charge in [0.1, 0.15) is 48.8 Å². The van der Waals surface area contributed by atoms with Crippen molar-refractivity contribution in [3.8, 4) is 0 Å². The number of carboxylic acid groups (broad SMARTS) is 1. The Morgan fingerprint density at radius 1 is 0.792 bits per heavy atom. The summed E-state index contributed by atoms with van der Waals surface area (Å²) in [7, 11) is 0. The minimum Gasteiger partial charge on any atom is -0.481 e. The summed E-state index contributed by atoms with van der Waals surface area (Å²) in [5, 5.41) is 83.5. The predicted octanol–water partition coefficient (Wildman–Crippen LogP) is 2.35. The smallest absolute Gasteiger partial charge is 0.310 e. The lowest BCUT2D eigenvalue weighted by Crippen LogP contribution is -2.65. The van der Waals surface area contributed by atoms with Gasteiger partial charge in [0.25, 0.3) is 0 Å². The van der Waals surface area contributed by atoms with Gasteiger partial charge in [0.15, 0.2) is 12.6 Å². The molecule has 6 fully saturated rings. The molecule has 13 nitrogen and oxygen atoms in total. The monoisotopic (exact) mass is 754 g/mol. The molecule has 19 atom stereocenters. The molecule has 6 aliphatic rings. The van der Waals surface area contributed by atoms with Crippen LogP contribution in [0.5, 0.6) is 0 Å². The third-order valence-electron chi connectivity index (χ3n) is 15.3. The van der Waals surface area contributed by atoms with Crippen molar-refractivity contribution in [1.29, 1.82) is 0 Å². The van der Waals surface area contributed by atoms with Crippen LogP contribution in [0.15, 0.2) is 12.2 Å². The normalized spacial score (nSPS) is 49.1. The predicted molar refractivity (Wildman–Crippen MR) is 191 cm³/mol. The van der Waals surface area contributed by atoms with E-state index in [4.69, 9.17) is 18.9 Å². The minimum atomic E-state index is -1.74. The molecule has 0 aromatic heterocycles. The van der Waals surface area contributed by atoms with Crippen LogP contribution in [0.2, 0.25) is 0 Å². The molecule has 0 aromatic rings. The highest BCUT2D eigenvalue weighted by Gasteiger charge is 2.65. The first kappa shape index (κ1) is 41.4. The minimum absolute atomic E-state index is 0.00907. The number of hydrogen-bond acceptors (Lipinski definition) is 12. The van der Waals surface area contributed by atoms with Crippen molar-refractivity contribution in [3.05, 3.63) is 12.2 Å². The van der Waals surface area contributed by atoms with Crippen LogP contribution >= 0.6 is 0 Å². The highest BCUT2D eigenvalue weighted by Crippen LogP contribution is 2.69. The Morgan fingerprint density at radius 3 is 2.09 bits per heavy atom. The van der Waals surface area contributed by atoms with Crippen LogP contribution in [0, 0.1) is 52.3 Å². The molecule has 2 heterocycles. The molecule has 304 valence electrons. The van der Waals surface area contributed by atoms with E-state index in [0.29, 0.717) is 48.9 Å². The number of carbonyl (C=O) groups is 1. The first-order chi connectivity index (χ1) is 25.1. The molecule has 0 bridgehead atoms. The number of allylic oxidation sites excluding steroid dienone is 1. The summed E-state index contributed by atoms with van der Waals surface area (Å²) >= 11 is 0. The molecule has 0 unspecified atom stereocenters. The molecule has 0 aromatic carbocycles. The summed E-state index contributed by atoms with van der Waals surface area (Å²) < 4.78 is 23.9. The molecule has 6 rings (SSSR count). The van der Waals surface area contributed by atoms with Gasteiger partial charge in [-0.15, -0.1) is 0 Å². The second kappa shape index (κ2) is 16.3. The maximum Gasteiger partial charge on any atom is 0.310 e. The second-order valence-electron chi connectivity index (χ2n) is 18.1. The maximum absolute atomic E-state index is 13.3. The largest absolute Gasteiger partial charge is 0.481 e. The van der Waals surface area contributed by atoms with Crippen LogP contribution in [0.1, 0.15) is 98.3 Å². The molecule has 53 heavy (non-hydrogen) atoms. The van der Waals surface area contributed by atoms with E-state index in [9.17, 15) is 45.6 Å². The Hall–Kier alpha value is -1.23. The zero-order chi connectivity index (χ0) is 38.6. The van der Waals surface area contributed by atoms with Gasteiger partial charge in [0.2, 0.25) is 0 Å². The zero-order valence-electron chi connectivity index (χ0n) is 31.9. The molecule has 8 N–H and O–H groups in total. The van der Waals surface area contributed by atoms with Crippen LogP contribution in [0.25, 0.3) is 0 Å². The SMILES string of the molecule is C=C(CC[C@@H](C)[C@H]1CC[C@H]2[C@@H]3CC[C@H]4C[C@@H](O[C@@H]5O[C@H](CO)[C@H](O)[C@H](O)[C@H]5O[C@@H]5O[C@H](CO)[C@@H](O)[C@H](O)[C@H]5O)CC[C@]4(C)[C@H]3CC[C@]12C(=O)O)C(C)C. The average molecular weight is 755 g/mol. The zero-order valence-corrected chi connectivity index (χ0v) is 31.9. The van der Waals surface area contributed by atoms with Crippen molar-refractivity contribution in [2.45, 2.75) is 166 Å². The standard InChI is InChI=1S/C40H66O13/c1-19(2)20(3)6-7-21(4)25-10-11-27-24-9-8-22-16-23(12-14-39(22,5)26(24)13-15-40(25,27)38(48)49)50-37-35(33(46)31(44)29(18-42)52-37)53-36-34(47)32(45)30(43)28(17-41)51-36/h19,21-37,41-47H,3,6-18H2,1-2,4-5H3,(H,48,49)/t21-,22+,23+,24-,25-,26+,27+,28-,29-,30-,31+,32+,33+,34-,35-,36+,37-,39+,40+/m1/s1. The number of carboxylic acids is 1.